The van der Waals surface area contributed by atoms with Gasteiger partial charge in [-0.15, -0.1) is 0 Å². The zero-order valence-electron chi connectivity index (χ0n) is 12.0. The van der Waals surface area contributed by atoms with Gasteiger partial charge in [-0.3, -0.25) is 0 Å². The third-order valence-electron chi connectivity index (χ3n) is 3.11. The molecule has 21 heavy (non-hydrogen) atoms. The Balaban J connectivity index is 1.97. The van der Waals surface area contributed by atoms with Crippen LogP contribution in [0.5, 0.6) is 11.5 Å². The van der Waals surface area contributed by atoms with E-state index in [-0.39, 0.29) is 5.69 Å². The lowest BCUT2D eigenvalue weighted by Crippen LogP contribution is -2.06. The molecule has 0 atom stereocenters. The molecule has 0 radical (unpaired) electrons. The van der Waals surface area contributed by atoms with Gasteiger partial charge in [0.25, 0.3) is 0 Å². The van der Waals surface area contributed by atoms with Gasteiger partial charge >= 0.3 is 0 Å². The number of halogens is 2. The molecular formula is C16H17F2NO2. The molecule has 0 aromatic heterocycles. The second-order valence-electron chi connectivity index (χ2n) is 4.49. The molecule has 0 saturated heterocycles. The van der Waals surface area contributed by atoms with Gasteiger partial charge in [0.15, 0.2) is 11.5 Å². The molecule has 2 aromatic carbocycles. The molecule has 3 nitrogen and oxygen atoms in total. The van der Waals surface area contributed by atoms with Crippen LogP contribution in [0.4, 0.5) is 14.5 Å². The van der Waals surface area contributed by atoms with E-state index in [1.807, 2.05) is 18.2 Å². The normalized spacial score (nSPS) is 10.3. The van der Waals surface area contributed by atoms with Gasteiger partial charge in [0, 0.05) is 12.6 Å². The Bertz CT molecular complexity index is 617. The van der Waals surface area contributed by atoms with E-state index in [4.69, 9.17) is 9.47 Å². The highest BCUT2D eigenvalue weighted by Gasteiger charge is 2.06. The van der Waals surface area contributed by atoms with Gasteiger partial charge in [0.2, 0.25) is 0 Å². The molecule has 2 aromatic rings. The Morgan fingerprint density at radius 1 is 0.952 bits per heavy atom. The molecule has 0 spiro atoms. The molecule has 112 valence electrons. The van der Waals surface area contributed by atoms with Crippen LogP contribution in [0, 0.1) is 11.6 Å². The van der Waals surface area contributed by atoms with Gasteiger partial charge in [-0.2, -0.15) is 0 Å². The highest BCUT2D eigenvalue weighted by molar-refractivity contribution is 5.46. The lowest BCUT2D eigenvalue weighted by atomic mass is 10.1. The summed E-state index contributed by atoms with van der Waals surface area (Å²) in [5.74, 6) is 0.141. The van der Waals surface area contributed by atoms with Gasteiger partial charge in [-0.25, -0.2) is 8.78 Å². The minimum Gasteiger partial charge on any atom is -0.493 e. The number of rotatable bonds is 6. The zero-order chi connectivity index (χ0) is 15.2. The Hall–Kier alpha value is -2.30. The van der Waals surface area contributed by atoms with Gasteiger partial charge in [0.1, 0.15) is 11.6 Å². The smallest absolute Gasteiger partial charge is 0.160 e. The van der Waals surface area contributed by atoms with Crippen molar-refractivity contribution in [2.45, 2.75) is 6.42 Å². The molecule has 0 unspecified atom stereocenters. The van der Waals surface area contributed by atoms with Crippen LogP contribution in [0.3, 0.4) is 0 Å². The molecule has 0 saturated carbocycles. The van der Waals surface area contributed by atoms with E-state index < -0.39 is 11.6 Å². The van der Waals surface area contributed by atoms with E-state index in [2.05, 4.69) is 5.32 Å². The van der Waals surface area contributed by atoms with Crippen molar-refractivity contribution in [1.29, 1.82) is 0 Å². The summed E-state index contributed by atoms with van der Waals surface area (Å²) in [6, 6.07) is 9.10. The minimum atomic E-state index is -0.595. The first-order valence-corrected chi connectivity index (χ1v) is 6.54. The highest BCUT2D eigenvalue weighted by atomic mass is 19.1. The molecule has 0 aliphatic carbocycles. The van der Waals surface area contributed by atoms with Crippen LogP contribution in [-0.2, 0) is 6.42 Å². The fourth-order valence-corrected chi connectivity index (χ4v) is 2.01. The summed E-state index contributed by atoms with van der Waals surface area (Å²) < 4.78 is 36.6. The van der Waals surface area contributed by atoms with Crippen molar-refractivity contribution in [3.05, 3.63) is 53.6 Å². The summed E-state index contributed by atoms with van der Waals surface area (Å²) in [6.45, 7) is 0.526. The van der Waals surface area contributed by atoms with E-state index in [0.717, 1.165) is 11.6 Å². The Morgan fingerprint density at radius 3 is 2.38 bits per heavy atom. The molecule has 0 heterocycles. The van der Waals surface area contributed by atoms with Crippen molar-refractivity contribution in [1.82, 2.24) is 0 Å². The highest BCUT2D eigenvalue weighted by Crippen LogP contribution is 2.27. The summed E-state index contributed by atoms with van der Waals surface area (Å²) in [6.07, 6.45) is 0.678. The lowest BCUT2D eigenvalue weighted by Gasteiger charge is -2.11. The Labute approximate surface area is 122 Å². The maximum absolute atomic E-state index is 13.5. The van der Waals surface area contributed by atoms with E-state index in [0.29, 0.717) is 24.5 Å². The summed E-state index contributed by atoms with van der Waals surface area (Å²) in [4.78, 5) is 0. The fourth-order valence-electron chi connectivity index (χ4n) is 2.01. The van der Waals surface area contributed by atoms with Crippen molar-refractivity contribution in [3.63, 3.8) is 0 Å². The van der Waals surface area contributed by atoms with Crippen molar-refractivity contribution < 1.29 is 18.3 Å². The number of ether oxygens (including phenoxy) is 2. The summed E-state index contributed by atoms with van der Waals surface area (Å²) in [7, 11) is 3.16. The van der Waals surface area contributed by atoms with Crippen molar-refractivity contribution in [2.24, 2.45) is 0 Å². The monoisotopic (exact) mass is 293 g/mol. The van der Waals surface area contributed by atoms with Crippen molar-refractivity contribution >= 4 is 5.69 Å². The van der Waals surface area contributed by atoms with Crippen molar-refractivity contribution in [2.75, 3.05) is 26.1 Å². The first-order chi connectivity index (χ1) is 10.1. The number of nitrogens with one attached hydrogen (secondary N) is 1. The number of anilines is 1. The average Bonchev–Trinajstić information content (AvgIpc) is 2.49. The minimum absolute atomic E-state index is 0.289. The van der Waals surface area contributed by atoms with E-state index in [1.165, 1.54) is 12.1 Å². The summed E-state index contributed by atoms with van der Waals surface area (Å²) in [5, 5.41) is 2.94. The van der Waals surface area contributed by atoms with Crippen LogP contribution in [0.15, 0.2) is 36.4 Å². The first-order valence-electron chi connectivity index (χ1n) is 6.54. The number of benzene rings is 2. The average molecular weight is 293 g/mol. The maximum Gasteiger partial charge on any atom is 0.160 e. The summed E-state index contributed by atoms with van der Waals surface area (Å²) in [5.41, 5.74) is 1.32. The van der Waals surface area contributed by atoms with Crippen LogP contribution in [0.1, 0.15) is 5.56 Å². The second kappa shape index (κ2) is 6.92. The second-order valence-corrected chi connectivity index (χ2v) is 4.49. The predicted molar refractivity (Wildman–Crippen MR) is 78.1 cm³/mol. The maximum atomic E-state index is 13.5. The molecule has 1 N–H and O–H groups in total. The predicted octanol–water partition coefficient (Wildman–Crippen LogP) is 3.64. The number of hydrogen-bond donors (Lipinski definition) is 1. The molecule has 0 aliphatic rings. The van der Waals surface area contributed by atoms with Gasteiger partial charge in [-0.05, 0) is 36.2 Å². The summed E-state index contributed by atoms with van der Waals surface area (Å²) >= 11 is 0. The van der Waals surface area contributed by atoms with E-state index >= 15 is 0 Å². The standard InChI is InChI=1S/C16H17F2NO2/c1-20-15-6-3-11(9-16(15)21-2)7-8-19-14-5-4-12(17)10-13(14)18/h3-6,9-10,19H,7-8H2,1-2H3. The molecule has 0 fully saturated rings. The number of methoxy groups -OCH3 is 2. The topological polar surface area (TPSA) is 30.5 Å². The van der Waals surface area contributed by atoms with Crippen LogP contribution < -0.4 is 14.8 Å². The molecule has 0 aliphatic heterocycles. The molecule has 0 amide bonds. The fraction of sp³-hybridized carbons (Fsp3) is 0.250. The first kappa shape index (κ1) is 15.1. The van der Waals surface area contributed by atoms with Crippen LogP contribution in [-0.4, -0.2) is 20.8 Å². The Morgan fingerprint density at radius 2 is 1.71 bits per heavy atom. The van der Waals surface area contributed by atoms with Crippen LogP contribution >= 0.6 is 0 Å². The van der Waals surface area contributed by atoms with Crippen LogP contribution in [0.2, 0.25) is 0 Å². The quantitative estimate of drug-likeness (QED) is 0.882. The van der Waals surface area contributed by atoms with Gasteiger partial charge in [0.05, 0.1) is 19.9 Å². The SMILES string of the molecule is COc1ccc(CCNc2ccc(F)cc2F)cc1OC. The van der Waals surface area contributed by atoms with E-state index in [9.17, 15) is 8.78 Å². The molecular weight excluding hydrogens is 276 g/mol. The lowest BCUT2D eigenvalue weighted by molar-refractivity contribution is 0.354. The third-order valence-corrected chi connectivity index (χ3v) is 3.11. The zero-order valence-corrected chi connectivity index (χ0v) is 12.0. The van der Waals surface area contributed by atoms with E-state index in [1.54, 1.807) is 14.2 Å². The Kier molecular flexibility index (Phi) is 4.98. The molecule has 0 bridgehead atoms. The number of hydrogen-bond acceptors (Lipinski definition) is 3. The third kappa shape index (κ3) is 3.84. The van der Waals surface area contributed by atoms with Gasteiger partial charge < -0.3 is 14.8 Å². The van der Waals surface area contributed by atoms with Gasteiger partial charge in [-0.1, -0.05) is 6.07 Å². The van der Waals surface area contributed by atoms with Crippen molar-refractivity contribution in [3.8, 4) is 11.5 Å². The largest absolute Gasteiger partial charge is 0.493 e. The van der Waals surface area contributed by atoms with Crippen LogP contribution in [0.25, 0.3) is 0 Å². The molecule has 5 heteroatoms. The molecule has 2 rings (SSSR count).